The van der Waals surface area contributed by atoms with Crippen LogP contribution >= 0.6 is 0 Å². The molecule has 2 unspecified atom stereocenters. The SMILES string of the molecule is CCC1C=CCCC/C=C(/C)C(=O)/C=C/C2/C(=C/CC(=O)O1)C=C[C@@H]1C[C@@H](O[C@@H]3O[C@@H](C)[C@H](C)[C@@H](O)[C@H]3OC)C[C@@H]21. The Morgan fingerprint density at radius 3 is 2.61 bits per heavy atom. The maximum absolute atomic E-state index is 13.0. The molecule has 0 amide bonds. The van der Waals surface area contributed by atoms with Gasteiger partial charge >= 0.3 is 5.97 Å². The number of esters is 1. The lowest BCUT2D eigenvalue weighted by Crippen LogP contribution is -2.55. The number of carbonyl (C=O) groups is 2. The van der Waals surface area contributed by atoms with E-state index in [0.717, 1.165) is 49.7 Å². The van der Waals surface area contributed by atoms with Crippen LogP contribution in [-0.2, 0) is 28.5 Å². The van der Waals surface area contributed by atoms with E-state index in [2.05, 4.69) is 18.2 Å². The highest BCUT2D eigenvalue weighted by Crippen LogP contribution is 2.47. The summed E-state index contributed by atoms with van der Waals surface area (Å²) in [6, 6.07) is 0. The number of methoxy groups -OCH3 is 1. The third-order valence-electron chi connectivity index (χ3n) is 9.24. The van der Waals surface area contributed by atoms with Gasteiger partial charge in [0.15, 0.2) is 12.1 Å². The number of allylic oxidation sites excluding steroid dienone is 8. The number of aliphatic hydroxyl groups excluding tert-OH is 1. The Hall–Kier alpha value is -2.32. The minimum Gasteiger partial charge on any atom is -0.458 e. The van der Waals surface area contributed by atoms with Crippen LogP contribution in [0.5, 0.6) is 0 Å². The predicted molar refractivity (Wildman–Crippen MR) is 158 cm³/mol. The summed E-state index contributed by atoms with van der Waals surface area (Å²) in [5.74, 6) is 0.150. The molecule has 4 rings (SSSR count). The largest absolute Gasteiger partial charge is 0.458 e. The van der Waals surface area contributed by atoms with Gasteiger partial charge in [-0.25, -0.2) is 0 Å². The molecule has 10 atom stereocenters. The quantitative estimate of drug-likeness (QED) is 0.339. The first-order valence-corrected chi connectivity index (χ1v) is 15.4. The van der Waals surface area contributed by atoms with Gasteiger partial charge in [-0.05, 0) is 87.5 Å². The Morgan fingerprint density at radius 1 is 1.05 bits per heavy atom. The van der Waals surface area contributed by atoms with Crippen LogP contribution in [0.15, 0.2) is 59.8 Å². The molecule has 0 bridgehead atoms. The molecule has 7 heteroatoms. The number of carbonyl (C=O) groups excluding carboxylic acids is 2. The molecule has 0 radical (unpaired) electrons. The van der Waals surface area contributed by atoms with E-state index in [4.69, 9.17) is 18.9 Å². The minimum absolute atomic E-state index is 0.0159. The van der Waals surface area contributed by atoms with Crippen molar-refractivity contribution in [1.82, 2.24) is 0 Å². The molecule has 4 aliphatic rings. The summed E-state index contributed by atoms with van der Waals surface area (Å²) in [5.41, 5.74) is 1.77. The number of cyclic esters (lactones) is 1. The van der Waals surface area contributed by atoms with Crippen molar-refractivity contribution in [2.75, 3.05) is 7.11 Å². The molecule has 0 aromatic rings. The number of ether oxygens (including phenoxy) is 4. The van der Waals surface area contributed by atoms with Crippen LogP contribution < -0.4 is 0 Å². The van der Waals surface area contributed by atoms with Crippen molar-refractivity contribution in [3.8, 4) is 0 Å². The Bertz CT molecular complexity index is 1070. The number of hydrogen-bond acceptors (Lipinski definition) is 7. The number of rotatable bonds is 4. The highest BCUT2D eigenvalue weighted by Gasteiger charge is 2.46. The second-order valence-electron chi connectivity index (χ2n) is 12.0. The van der Waals surface area contributed by atoms with E-state index < -0.39 is 18.5 Å². The van der Waals surface area contributed by atoms with Crippen LogP contribution in [0.1, 0.15) is 72.6 Å². The zero-order valence-electron chi connectivity index (χ0n) is 25.2. The second-order valence-corrected chi connectivity index (χ2v) is 12.0. The Balaban J connectivity index is 1.54. The summed E-state index contributed by atoms with van der Waals surface area (Å²) < 4.78 is 23.9. The van der Waals surface area contributed by atoms with Crippen LogP contribution in [0, 0.1) is 23.7 Å². The second kappa shape index (κ2) is 14.7. The predicted octanol–water partition coefficient (Wildman–Crippen LogP) is 5.79. The van der Waals surface area contributed by atoms with E-state index in [9.17, 15) is 14.7 Å². The van der Waals surface area contributed by atoms with E-state index in [1.165, 1.54) is 0 Å². The van der Waals surface area contributed by atoms with Gasteiger partial charge in [-0.1, -0.05) is 50.3 Å². The summed E-state index contributed by atoms with van der Waals surface area (Å²) in [4.78, 5) is 25.7. The third-order valence-corrected chi connectivity index (χ3v) is 9.24. The molecule has 0 aromatic carbocycles. The average molecular weight is 569 g/mol. The van der Waals surface area contributed by atoms with E-state index in [1.807, 2.05) is 52.0 Å². The molecule has 7 nitrogen and oxygen atoms in total. The van der Waals surface area contributed by atoms with Crippen molar-refractivity contribution in [2.24, 2.45) is 23.7 Å². The topological polar surface area (TPSA) is 91.3 Å². The molecular formula is C34H48O7. The zero-order valence-corrected chi connectivity index (χ0v) is 25.2. The first-order valence-electron chi connectivity index (χ1n) is 15.4. The van der Waals surface area contributed by atoms with E-state index in [1.54, 1.807) is 13.2 Å². The Morgan fingerprint density at radius 2 is 1.85 bits per heavy atom. The fourth-order valence-electron chi connectivity index (χ4n) is 6.45. The number of aliphatic hydroxyl groups is 1. The van der Waals surface area contributed by atoms with Gasteiger partial charge in [0.1, 0.15) is 12.2 Å². The molecule has 1 saturated heterocycles. The van der Waals surface area contributed by atoms with E-state index >= 15 is 0 Å². The monoisotopic (exact) mass is 568 g/mol. The Kier molecular flexibility index (Phi) is 11.4. The van der Waals surface area contributed by atoms with Crippen LogP contribution in [0.4, 0.5) is 0 Å². The average Bonchev–Trinajstić information content (AvgIpc) is 3.37. The summed E-state index contributed by atoms with van der Waals surface area (Å²) in [5, 5.41) is 10.8. The van der Waals surface area contributed by atoms with Gasteiger partial charge in [0.25, 0.3) is 0 Å². The maximum Gasteiger partial charge on any atom is 0.310 e. The number of hydrogen-bond donors (Lipinski definition) is 1. The highest BCUT2D eigenvalue weighted by molar-refractivity contribution is 6.03. The fraction of sp³-hybridized carbons (Fsp3) is 0.647. The smallest absolute Gasteiger partial charge is 0.310 e. The van der Waals surface area contributed by atoms with E-state index in [-0.39, 0.29) is 60.2 Å². The van der Waals surface area contributed by atoms with Crippen molar-refractivity contribution < 1.29 is 33.6 Å². The van der Waals surface area contributed by atoms with Crippen molar-refractivity contribution in [2.45, 2.75) is 109 Å². The van der Waals surface area contributed by atoms with Crippen LogP contribution in [0.2, 0.25) is 0 Å². The Labute approximate surface area is 245 Å². The molecule has 1 N–H and O–H groups in total. The van der Waals surface area contributed by atoms with Gasteiger partial charge in [0, 0.05) is 18.9 Å². The molecule has 41 heavy (non-hydrogen) atoms. The maximum atomic E-state index is 13.0. The summed E-state index contributed by atoms with van der Waals surface area (Å²) >= 11 is 0. The van der Waals surface area contributed by atoms with Crippen molar-refractivity contribution in [1.29, 1.82) is 0 Å². The van der Waals surface area contributed by atoms with Gasteiger partial charge in [-0.2, -0.15) is 0 Å². The van der Waals surface area contributed by atoms with Crippen LogP contribution in [0.25, 0.3) is 0 Å². The van der Waals surface area contributed by atoms with Crippen molar-refractivity contribution >= 4 is 11.8 Å². The molecule has 1 saturated carbocycles. The van der Waals surface area contributed by atoms with Crippen molar-refractivity contribution in [3.63, 3.8) is 0 Å². The molecule has 2 aliphatic carbocycles. The normalized spacial score (nSPS) is 42.2. The number of ketones is 1. The molecule has 2 heterocycles. The lowest BCUT2D eigenvalue weighted by atomic mass is 9.74. The molecule has 226 valence electrons. The molecule has 0 aromatic heterocycles. The molecule has 2 fully saturated rings. The van der Waals surface area contributed by atoms with Crippen LogP contribution in [0.3, 0.4) is 0 Å². The minimum atomic E-state index is -0.669. The fourth-order valence-corrected chi connectivity index (χ4v) is 6.45. The molecule has 0 spiro atoms. The van der Waals surface area contributed by atoms with Gasteiger partial charge in [-0.15, -0.1) is 0 Å². The zero-order chi connectivity index (χ0) is 29.5. The first-order chi connectivity index (χ1) is 19.7. The van der Waals surface area contributed by atoms with Gasteiger partial charge in [-0.3, -0.25) is 9.59 Å². The summed E-state index contributed by atoms with van der Waals surface area (Å²) in [7, 11) is 1.58. The van der Waals surface area contributed by atoms with Crippen molar-refractivity contribution in [3.05, 3.63) is 59.8 Å². The summed E-state index contributed by atoms with van der Waals surface area (Å²) in [6.07, 6.45) is 18.8. The van der Waals surface area contributed by atoms with Gasteiger partial charge < -0.3 is 24.1 Å². The standard InChI is InChI=1S/C34H48O7/c1-6-26-12-10-8-7-9-11-21(2)30(35)17-16-28-24(15-18-31(36)40-26)13-14-25-19-27(20-29(25)28)41-34-33(38-5)32(37)22(3)23(4)39-34/h10-17,22-23,25-29,32-34,37H,6-9,18-20H2,1-5H3/b12-10?,17-16+,21-11-,24-15+/t22-,23-,25+,26?,27+,28?,29+,32+,33+,34-/m0/s1. The lowest BCUT2D eigenvalue weighted by Gasteiger charge is -2.42. The third kappa shape index (κ3) is 7.95. The van der Waals surface area contributed by atoms with Crippen LogP contribution in [-0.4, -0.2) is 60.8 Å². The first kappa shape index (κ1) is 31.6. The van der Waals surface area contributed by atoms with Gasteiger partial charge in [0.05, 0.1) is 24.7 Å². The lowest BCUT2D eigenvalue weighted by molar-refractivity contribution is -0.297. The molecule has 2 aliphatic heterocycles. The number of fused-ring (bicyclic) bond motifs is 3. The molecular weight excluding hydrogens is 520 g/mol. The highest BCUT2D eigenvalue weighted by atomic mass is 16.7. The summed E-state index contributed by atoms with van der Waals surface area (Å²) in [6.45, 7) is 7.80. The van der Waals surface area contributed by atoms with Gasteiger partial charge in [0.2, 0.25) is 0 Å². The van der Waals surface area contributed by atoms with E-state index in [0.29, 0.717) is 0 Å².